The average molecular weight is 578 g/mol. The highest BCUT2D eigenvalue weighted by atomic mass is 19.4. The van der Waals surface area contributed by atoms with Crippen molar-refractivity contribution in [2.45, 2.75) is 52.8 Å². The highest BCUT2D eigenvalue weighted by molar-refractivity contribution is 6.00. The third kappa shape index (κ3) is 4.49. The van der Waals surface area contributed by atoms with Crippen molar-refractivity contribution in [2.24, 2.45) is 0 Å². The van der Waals surface area contributed by atoms with Crippen LogP contribution in [0.2, 0.25) is 0 Å². The first kappa shape index (κ1) is 27.8. The molecule has 1 aliphatic heterocycles. The molecule has 1 N–H and O–H groups in total. The highest BCUT2D eigenvalue weighted by Gasteiger charge is 2.34. The Morgan fingerprint density at radius 3 is 2.45 bits per heavy atom. The van der Waals surface area contributed by atoms with Gasteiger partial charge < -0.3 is 14.6 Å². The molecule has 6 rings (SSSR count). The number of nitrogens with one attached hydrogen (secondary N) is 1. The Morgan fingerprint density at radius 2 is 1.81 bits per heavy atom. The first-order valence-electron chi connectivity index (χ1n) is 14.0. The maximum atomic E-state index is 15.1. The zero-order valence-electron chi connectivity index (χ0n) is 23.9. The smallest absolute Gasteiger partial charge is 0.417 e. The van der Waals surface area contributed by atoms with Crippen LogP contribution in [0.5, 0.6) is 5.75 Å². The normalized spacial score (nSPS) is 13.6. The molecule has 5 aromatic rings. The molecule has 0 bridgehead atoms. The summed E-state index contributed by atoms with van der Waals surface area (Å²) < 4.78 is 62.5. The minimum atomic E-state index is -4.67. The maximum absolute atomic E-state index is 15.1. The zero-order valence-corrected chi connectivity index (χ0v) is 23.9. The Labute approximate surface area is 240 Å². The van der Waals surface area contributed by atoms with Gasteiger partial charge in [-0.1, -0.05) is 32.0 Å². The number of hydrogen-bond acceptors (Lipinski definition) is 4. The van der Waals surface area contributed by atoms with E-state index in [0.717, 1.165) is 74.4 Å². The number of alkyl halides is 3. The fraction of sp³-hybridized carbons (Fsp3) is 0.312. The standard InChI is InChI=1S/C32H31F4N5O/c1-5-19-8-7-9-20(6-2)29(19)41-30(27-18(3)14-26(42-4)28-22(27)10-12-37-28)23-17-40(13-11-25(23)39-41)31-24(33)15-21(16-38-31)32(34,35)36/h7-10,12,14-16,37H,5-6,11,13,17H2,1-4H3. The average Bonchev–Trinajstić information content (AvgIpc) is 3.61. The fourth-order valence-corrected chi connectivity index (χ4v) is 6.09. The summed E-state index contributed by atoms with van der Waals surface area (Å²) in [4.78, 5) is 8.92. The Balaban J connectivity index is 1.60. The van der Waals surface area contributed by atoms with Crippen molar-refractivity contribution in [2.75, 3.05) is 18.6 Å². The first-order chi connectivity index (χ1) is 20.2. The number of rotatable bonds is 6. The van der Waals surface area contributed by atoms with Crippen LogP contribution in [0.3, 0.4) is 0 Å². The molecule has 0 atom stereocenters. The molecule has 218 valence electrons. The quantitative estimate of drug-likeness (QED) is 0.212. The highest BCUT2D eigenvalue weighted by Crippen LogP contribution is 2.43. The number of methoxy groups -OCH3 is 1. The maximum Gasteiger partial charge on any atom is 0.417 e. The molecule has 2 aromatic carbocycles. The second kappa shape index (κ2) is 10.5. The molecule has 0 unspecified atom stereocenters. The number of aromatic nitrogens is 4. The van der Waals surface area contributed by atoms with E-state index in [4.69, 9.17) is 9.84 Å². The van der Waals surface area contributed by atoms with E-state index in [2.05, 4.69) is 42.0 Å². The van der Waals surface area contributed by atoms with E-state index in [1.807, 2.05) is 29.9 Å². The number of hydrogen-bond donors (Lipinski definition) is 1. The minimum absolute atomic E-state index is 0.103. The number of para-hydroxylation sites is 1. The fourth-order valence-electron chi connectivity index (χ4n) is 6.09. The van der Waals surface area contributed by atoms with Gasteiger partial charge in [0.2, 0.25) is 0 Å². The number of benzene rings is 2. The number of halogens is 4. The number of pyridine rings is 1. The summed E-state index contributed by atoms with van der Waals surface area (Å²) in [7, 11) is 1.63. The van der Waals surface area contributed by atoms with Gasteiger partial charge >= 0.3 is 6.18 Å². The third-order valence-electron chi connectivity index (χ3n) is 8.12. The van der Waals surface area contributed by atoms with E-state index < -0.39 is 17.6 Å². The van der Waals surface area contributed by atoms with Crippen molar-refractivity contribution in [3.63, 3.8) is 0 Å². The van der Waals surface area contributed by atoms with Gasteiger partial charge in [-0.3, -0.25) is 0 Å². The molecule has 0 fully saturated rings. The summed E-state index contributed by atoms with van der Waals surface area (Å²) in [5.41, 5.74) is 7.66. The van der Waals surface area contributed by atoms with Gasteiger partial charge in [-0.25, -0.2) is 14.1 Å². The van der Waals surface area contributed by atoms with Gasteiger partial charge in [-0.15, -0.1) is 0 Å². The van der Waals surface area contributed by atoms with E-state index in [-0.39, 0.29) is 12.4 Å². The Morgan fingerprint density at radius 1 is 1.07 bits per heavy atom. The molecule has 3 aromatic heterocycles. The SMILES string of the molecule is CCc1cccc(CC)c1-n1nc2c(c1-c1c(C)cc(OC)c3[nH]ccc13)CN(c1ncc(C(F)(F)F)cc1F)CC2. The van der Waals surface area contributed by atoms with Crippen LogP contribution in [0.1, 0.15) is 47.4 Å². The summed E-state index contributed by atoms with van der Waals surface area (Å²) in [6, 6.07) is 10.8. The van der Waals surface area contributed by atoms with Crippen molar-refractivity contribution < 1.29 is 22.3 Å². The predicted octanol–water partition coefficient (Wildman–Crippen LogP) is 7.58. The molecular weight excluding hydrogens is 546 g/mol. The van der Waals surface area contributed by atoms with Crippen molar-refractivity contribution in [1.82, 2.24) is 19.7 Å². The molecule has 0 spiro atoms. The first-order valence-corrected chi connectivity index (χ1v) is 14.0. The van der Waals surface area contributed by atoms with Crippen LogP contribution in [0.4, 0.5) is 23.4 Å². The Bertz CT molecular complexity index is 1780. The largest absolute Gasteiger partial charge is 0.495 e. The van der Waals surface area contributed by atoms with E-state index >= 15 is 4.39 Å². The zero-order chi connectivity index (χ0) is 29.8. The molecule has 6 nitrogen and oxygen atoms in total. The molecule has 0 amide bonds. The lowest BCUT2D eigenvalue weighted by Crippen LogP contribution is -2.32. The van der Waals surface area contributed by atoms with Gasteiger partial charge in [0.1, 0.15) is 5.75 Å². The summed E-state index contributed by atoms with van der Waals surface area (Å²) in [5.74, 6) is -0.383. The molecule has 42 heavy (non-hydrogen) atoms. The molecule has 10 heteroatoms. The van der Waals surface area contributed by atoms with Crippen LogP contribution in [0, 0.1) is 12.7 Å². The van der Waals surface area contributed by atoms with Gasteiger partial charge in [0.25, 0.3) is 0 Å². The van der Waals surface area contributed by atoms with Gasteiger partial charge in [0.15, 0.2) is 11.6 Å². The monoisotopic (exact) mass is 577 g/mol. The van der Waals surface area contributed by atoms with E-state index in [9.17, 15) is 13.2 Å². The number of ether oxygens (including phenoxy) is 1. The number of H-pyrrole nitrogens is 1. The number of aromatic amines is 1. The number of anilines is 1. The van der Waals surface area contributed by atoms with Crippen LogP contribution in [0.25, 0.3) is 27.8 Å². The van der Waals surface area contributed by atoms with Crippen LogP contribution >= 0.6 is 0 Å². The second-order valence-corrected chi connectivity index (χ2v) is 10.6. The predicted molar refractivity (Wildman–Crippen MR) is 155 cm³/mol. The van der Waals surface area contributed by atoms with Crippen molar-refractivity contribution in [1.29, 1.82) is 0 Å². The topological polar surface area (TPSA) is 59.0 Å². The Kier molecular flexibility index (Phi) is 6.95. The Hall–Kier alpha value is -4.34. The van der Waals surface area contributed by atoms with E-state index in [0.29, 0.717) is 25.2 Å². The summed E-state index contributed by atoms with van der Waals surface area (Å²) in [6.07, 6.45) is -0.0110. The van der Waals surface area contributed by atoms with Crippen molar-refractivity contribution in [3.8, 4) is 22.7 Å². The van der Waals surface area contributed by atoms with Crippen LogP contribution in [-0.4, -0.2) is 33.4 Å². The summed E-state index contributed by atoms with van der Waals surface area (Å²) in [6.45, 7) is 6.87. The van der Waals surface area contributed by atoms with E-state index in [1.54, 1.807) is 12.0 Å². The van der Waals surface area contributed by atoms with Gasteiger partial charge in [-0.2, -0.15) is 18.3 Å². The molecule has 4 heterocycles. The number of nitrogens with zero attached hydrogens (tertiary/aromatic N) is 4. The number of aryl methyl sites for hydroxylation is 3. The van der Waals surface area contributed by atoms with Crippen LogP contribution < -0.4 is 9.64 Å². The molecular formula is C32H31F4N5O. The lowest BCUT2D eigenvalue weighted by atomic mass is 9.94. The van der Waals surface area contributed by atoms with E-state index in [1.165, 1.54) is 0 Å². The lowest BCUT2D eigenvalue weighted by Gasteiger charge is -2.29. The molecule has 0 saturated carbocycles. The molecule has 0 aliphatic carbocycles. The summed E-state index contributed by atoms with van der Waals surface area (Å²) >= 11 is 0. The second-order valence-electron chi connectivity index (χ2n) is 10.6. The number of fused-ring (bicyclic) bond motifs is 2. The van der Waals surface area contributed by atoms with Crippen molar-refractivity contribution in [3.05, 3.63) is 88.1 Å². The van der Waals surface area contributed by atoms with Gasteiger partial charge in [-0.05, 0) is 54.7 Å². The third-order valence-corrected chi connectivity index (χ3v) is 8.12. The molecule has 0 radical (unpaired) electrons. The van der Waals surface area contributed by atoms with Gasteiger partial charge in [0, 0.05) is 48.4 Å². The van der Waals surface area contributed by atoms with Gasteiger partial charge in [0.05, 0.1) is 35.3 Å². The van der Waals surface area contributed by atoms with Crippen molar-refractivity contribution >= 4 is 16.7 Å². The molecule has 0 saturated heterocycles. The minimum Gasteiger partial charge on any atom is -0.495 e. The summed E-state index contributed by atoms with van der Waals surface area (Å²) in [5, 5.41) is 6.13. The lowest BCUT2D eigenvalue weighted by molar-refractivity contribution is -0.138. The van der Waals surface area contributed by atoms with Crippen LogP contribution in [-0.2, 0) is 32.0 Å². The van der Waals surface area contributed by atoms with Crippen LogP contribution in [0.15, 0.2) is 48.8 Å². The molecule has 1 aliphatic rings.